The molecule has 8 heteroatoms. The Kier molecular flexibility index (Phi) is 6.38. The van der Waals surface area contributed by atoms with E-state index in [1.165, 1.54) is 14.1 Å². The van der Waals surface area contributed by atoms with Crippen molar-refractivity contribution in [2.75, 3.05) is 30.3 Å². The van der Waals surface area contributed by atoms with Gasteiger partial charge in [0, 0.05) is 48.1 Å². The Labute approximate surface area is 200 Å². The molecule has 0 radical (unpaired) electrons. The number of aryl methyl sites for hydroxylation is 3. The third kappa shape index (κ3) is 4.26. The highest BCUT2D eigenvalue weighted by atomic mass is 32.2. The van der Waals surface area contributed by atoms with E-state index in [2.05, 4.69) is 28.9 Å². The van der Waals surface area contributed by atoms with Crippen LogP contribution in [0.3, 0.4) is 0 Å². The van der Waals surface area contributed by atoms with Crippen molar-refractivity contribution >= 4 is 49.3 Å². The second-order valence-corrected chi connectivity index (χ2v) is 10.7. The average molecular weight is 479 g/mol. The maximum absolute atomic E-state index is 13.1. The molecular formula is C26H30N4O3S. The molecule has 1 N–H and O–H groups in total. The van der Waals surface area contributed by atoms with Gasteiger partial charge in [-0.15, -0.1) is 0 Å². The standard InChI is InChI=1S/C26H30N4O3S/c1-6-29-23-10-8-7-9-21(23)22-16-20(13-14-24(22)29)27-26(31)17-30(34(32,33)28(4)5)25-15-18(2)11-12-19(25)3/h7-16H,6,17H2,1-5H3,(H,27,31). The van der Waals surface area contributed by atoms with Crippen LogP contribution >= 0.6 is 0 Å². The molecule has 7 nitrogen and oxygen atoms in total. The minimum absolute atomic E-state index is 0.334. The zero-order valence-electron chi connectivity index (χ0n) is 20.2. The smallest absolute Gasteiger partial charge is 0.304 e. The van der Waals surface area contributed by atoms with E-state index in [1.807, 2.05) is 56.3 Å². The number of benzene rings is 3. The summed E-state index contributed by atoms with van der Waals surface area (Å²) in [6.45, 7) is 6.34. The normalized spacial score (nSPS) is 11.9. The zero-order valence-corrected chi connectivity index (χ0v) is 21.0. The fourth-order valence-electron chi connectivity index (χ4n) is 4.28. The van der Waals surface area contributed by atoms with E-state index in [0.29, 0.717) is 11.4 Å². The highest BCUT2D eigenvalue weighted by Crippen LogP contribution is 2.31. The lowest BCUT2D eigenvalue weighted by atomic mass is 10.1. The van der Waals surface area contributed by atoms with E-state index >= 15 is 0 Å². The van der Waals surface area contributed by atoms with Gasteiger partial charge in [0.15, 0.2) is 0 Å². The lowest BCUT2D eigenvalue weighted by Gasteiger charge is -2.28. The van der Waals surface area contributed by atoms with Gasteiger partial charge in [0.2, 0.25) is 5.91 Å². The van der Waals surface area contributed by atoms with Gasteiger partial charge < -0.3 is 9.88 Å². The summed E-state index contributed by atoms with van der Waals surface area (Å²) in [6.07, 6.45) is 0. The van der Waals surface area contributed by atoms with Crippen molar-refractivity contribution in [2.45, 2.75) is 27.3 Å². The fraction of sp³-hybridized carbons (Fsp3) is 0.269. The molecule has 0 aliphatic carbocycles. The maximum Gasteiger partial charge on any atom is 0.304 e. The minimum atomic E-state index is -3.88. The second kappa shape index (κ2) is 9.12. The van der Waals surface area contributed by atoms with Crippen LogP contribution in [-0.4, -0.2) is 43.8 Å². The molecule has 4 rings (SSSR count). The molecule has 0 aliphatic heterocycles. The summed E-state index contributed by atoms with van der Waals surface area (Å²) in [5, 5.41) is 5.06. The highest BCUT2D eigenvalue weighted by Gasteiger charge is 2.28. The second-order valence-electron chi connectivity index (χ2n) is 8.63. The van der Waals surface area contributed by atoms with E-state index in [0.717, 1.165) is 48.1 Å². The van der Waals surface area contributed by atoms with Gasteiger partial charge in [0.25, 0.3) is 0 Å². The van der Waals surface area contributed by atoms with Crippen molar-refractivity contribution in [1.82, 2.24) is 8.87 Å². The molecule has 1 amide bonds. The third-order valence-corrected chi connectivity index (χ3v) is 7.84. The quantitative estimate of drug-likeness (QED) is 0.419. The molecule has 0 bridgehead atoms. The monoisotopic (exact) mass is 478 g/mol. The first kappa shape index (κ1) is 23.8. The van der Waals surface area contributed by atoms with Crippen LogP contribution in [0.2, 0.25) is 0 Å². The first-order chi connectivity index (χ1) is 16.1. The van der Waals surface area contributed by atoms with E-state index in [-0.39, 0.29) is 6.54 Å². The van der Waals surface area contributed by atoms with Crippen LogP contribution in [0.1, 0.15) is 18.1 Å². The molecule has 0 aliphatic rings. The molecular weight excluding hydrogens is 448 g/mol. The van der Waals surface area contributed by atoms with E-state index < -0.39 is 16.1 Å². The Morgan fingerprint density at radius 2 is 1.65 bits per heavy atom. The number of para-hydroxylation sites is 1. The number of anilines is 2. The number of nitrogens with zero attached hydrogens (tertiary/aromatic N) is 3. The summed E-state index contributed by atoms with van der Waals surface area (Å²) in [5.41, 5.74) is 5.04. The van der Waals surface area contributed by atoms with E-state index in [9.17, 15) is 13.2 Å². The van der Waals surface area contributed by atoms with Gasteiger partial charge in [0.1, 0.15) is 6.54 Å². The summed E-state index contributed by atoms with van der Waals surface area (Å²) in [4.78, 5) is 13.1. The summed E-state index contributed by atoms with van der Waals surface area (Å²) >= 11 is 0. The number of carbonyl (C=O) groups is 1. The first-order valence-electron chi connectivity index (χ1n) is 11.2. The topological polar surface area (TPSA) is 74.6 Å². The molecule has 3 aromatic carbocycles. The van der Waals surface area contributed by atoms with Crippen molar-refractivity contribution < 1.29 is 13.2 Å². The van der Waals surface area contributed by atoms with Crippen molar-refractivity contribution in [2.24, 2.45) is 0 Å². The van der Waals surface area contributed by atoms with Gasteiger partial charge in [-0.3, -0.25) is 4.79 Å². The van der Waals surface area contributed by atoms with Gasteiger partial charge in [-0.2, -0.15) is 12.7 Å². The van der Waals surface area contributed by atoms with Crippen molar-refractivity contribution in [1.29, 1.82) is 0 Å². The molecule has 0 fully saturated rings. The Bertz CT molecular complexity index is 1490. The predicted molar refractivity (Wildman–Crippen MR) is 140 cm³/mol. The first-order valence-corrected chi connectivity index (χ1v) is 12.6. The molecule has 34 heavy (non-hydrogen) atoms. The van der Waals surface area contributed by atoms with Gasteiger partial charge in [-0.25, -0.2) is 4.31 Å². The molecule has 0 saturated carbocycles. The van der Waals surface area contributed by atoms with Gasteiger partial charge in [0.05, 0.1) is 5.69 Å². The number of fused-ring (bicyclic) bond motifs is 3. The number of amides is 1. The van der Waals surface area contributed by atoms with Crippen molar-refractivity contribution in [3.63, 3.8) is 0 Å². The largest absolute Gasteiger partial charge is 0.341 e. The van der Waals surface area contributed by atoms with E-state index in [1.54, 1.807) is 6.07 Å². The Morgan fingerprint density at radius 3 is 2.35 bits per heavy atom. The number of aromatic nitrogens is 1. The predicted octanol–water partition coefficient (Wildman–Crippen LogP) is 4.68. The molecule has 0 unspecified atom stereocenters. The summed E-state index contributed by atoms with van der Waals surface area (Å²) in [7, 11) is -0.957. The van der Waals surface area contributed by atoms with Crippen LogP contribution < -0.4 is 9.62 Å². The SMILES string of the molecule is CCn1c2ccccc2c2cc(NC(=O)CN(c3cc(C)ccc3C)S(=O)(=O)N(C)C)ccc21. The lowest BCUT2D eigenvalue weighted by molar-refractivity contribution is -0.114. The number of hydrogen-bond donors (Lipinski definition) is 1. The van der Waals surface area contributed by atoms with Crippen molar-refractivity contribution in [3.8, 4) is 0 Å². The van der Waals surface area contributed by atoms with Gasteiger partial charge in [-0.05, 0) is 62.2 Å². The summed E-state index contributed by atoms with van der Waals surface area (Å²) in [5.74, 6) is -0.412. The van der Waals surface area contributed by atoms with Gasteiger partial charge in [-0.1, -0.05) is 30.3 Å². The highest BCUT2D eigenvalue weighted by molar-refractivity contribution is 7.90. The molecule has 4 aromatic rings. The van der Waals surface area contributed by atoms with Crippen LogP contribution in [0.15, 0.2) is 60.7 Å². The zero-order chi connectivity index (χ0) is 24.6. The molecule has 1 heterocycles. The number of hydrogen-bond acceptors (Lipinski definition) is 3. The average Bonchev–Trinajstić information content (AvgIpc) is 3.12. The fourth-order valence-corrected chi connectivity index (χ4v) is 5.40. The van der Waals surface area contributed by atoms with Gasteiger partial charge >= 0.3 is 10.2 Å². The Morgan fingerprint density at radius 1 is 0.941 bits per heavy atom. The van der Waals surface area contributed by atoms with Crippen LogP contribution in [0, 0.1) is 13.8 Å². The number of rotatable bonds is 7. The molecule has 0 atom stereocenters. The Hall–Kier alpha value is -3.36. The maximum atomic E-state index is 13.1. The van der Waals surface area contributed by atoms with Crippen molar-refractivity contribution in [3.05, 3.63) is 71.8 Å². The lowest BCUT2D eigenvalue weighted by Crippen LogP contribution is -2.44. The molecule has 178 valence electrons. The summed E-state index contributed by atoms with van der Waals surface area (Å²) < 4.78 is 30.7. The minimum Gasteiger partial charge on any atom is -0.341 e. The van der Waals surface area contributed by atoms with E-state index in [4.69, 9.17) is 0 Å². The van der Waals surface area contributed by atoms with Crippen LogP contribution in [-0.2, 0) is 21.5 Å². The molecule has 1 aromatic heterocycles. The molecule has 0 saturated heterocycles. The number of nitrogens with one attached hydrogen (secondary N) is 1. The van der Waals surface area contributed by atoms with Crippen LogP contribution in [0.5, 0.6) is 0 Å². The number of carbonyl (C=O) groups excluding carboxylic acids is 1. The van der Waals surface area contributed by atoms with Crippen LogP contribution in [0.4, 0.5) is 11.4 Å². The van der Waals surface area contributed by atoms with Crippen LogP contribution in [0.25, 0.3) is 21.8 Å². The Balaban J connectivity index is 1.68. The molecule has 0 spiro atoms. The third-order valence-electron chi connectivity index (χ3n) is 6.03. The summed E-state index contributed by atoms with van der Waals surface area (Å²) in [6, 6.07) is 19.5.